The predicted octanol–water partition coefficient (Wildman–Crippen LogP) is 3.36. The van der Waals surface area contributed by atoms with Gasteiger partial charge in [-0.3, -0.25) is 9.59 Å². The molecule has 0 fully saturated rings. The van der Waals surface area contributed by atoms with Crippen LogP contribution in [0.15, 0.2) is 73.2 Å². The Bertz CT molecular complexity index is 1300. The molecule has 0 radical (unpaired) electrons. The van der Waals surface area contributed by atoms with Crippen molar-refractivity contribution < 1.29 is 9.59 Å². The van der Waals surface area contributed by atoms with Crippen LogP contribution < -0.4 is 11.1 Å². The number of nitrogens with one attached hydrogen (secondary N) is 2. The summed E-state index contributed by atoms with van der Waals surface area (Å²) in [5, 5.41) is 11.7. The maximum Gasteiger partial charge on any atom is 0.267 e. The number of rotatable bonds is 5. The monoisotopic (exact) mass is 408 g/mol. The fraction of sp³-hybridized carbons (Fsp3) is 0. The van der Waals surface area contributed by atoms with Gasteiger partial charge in [-0.15, -0.1) is 0 Å². The van der Waals surface area contributed by atoms with Crippen LogP contribution in [-0.4, -0.2) is 26.8 Å². The summed E-state index contributed by atoms with van der Waals surface area (Å²) in [6.45, 7) is 0. The molecular weight excluding hydrogens is 392 g/mol. The van der Waals surface area contributed by atoms with Crippen molar-refractivity contribution in [1.29, 1.82) is 5.26 Å². The number of hydrogen-bond donors (Lipinski definition) is 3. The molecule has 2 aromatic heterocycles. The molecule has 4 N–H and O–H groups in total. The zero-order valence-electron chi connectivity index (χ0n) is 16.2. The van der Waals surface area contributed by atoms with E-state index >= 15 is 0 Å². The van der Waals surface area contributed by atoms with E-state index in [0.717, 1.165) is 11.1 Å². The summed E-state index contributed by atoms with van der Waals surface area (Å²) in [7, 11) is 0. The minimum absolute atomic E-state index is 0.209. The number of nitrogens with two attached hydrogens (primary N) is 1. The largest absolute Gasteiger partial charge is 0.364 e. The van der Waals surface area contributed by atoms with Crippen LogP contribution in [0.4, 0.5) is 5.82 Å². The molecule has 0 aliphatic carbocycles. The molecule has 0 aliphatic heterocycles. The summed E-state index contributed by atoms with van der Waals surface area (Å²) in [6.07, 6.45) is 3.00. The first-order chi connectivity index (χ1) is 15.0. The molecule has 0 spiro atoms. The number of pyridine rings is 1. The maximum absolute atomic E-state index is 12.6. The molecule has 2 heterocycles. The van der Waals surface area contributed by atoms with Crippen LogP contribution in [-0.2, 0) is 0 Å². The van der Waals surface area contributed by atoms with Crippen molar-refractivity contribution in [3.63, 3.8) is 0 Å². The lowest BCUT2D eigenvalue weighted by atomic mass is 10.1. The normalized spacial score (nSPS) is 10.3. The number of primary amides is 1. The fourth-order valence-electron chi connectivity index (χ4n) is 3.08. The average molecular weight is 408 g/mol. The van der Waals surface area contributed by atoms with Gasteiger partial charge in [-0.05, 0) is 47.5 Å². The third kappa shape index (κ3) is 4.16. The van der Waals surface area contributed by atoms with Gasteiger partial charge in [0.2, 0.25) is 0 Å². The van der Waals surface area contributed by atoms with E-state index in [2.05, 4.69) is 26.3 Å². The topological polar surface area (TPSA) is 138 Å². The van der Waals surface area contributed by atoms with Crippen molar-refractivity contribution in [2.45, 2.75) is 0 Å². The SMILES string of the molecule is N#Cc1ccc(-c2ccnc(NC(=O)c3ccc(-c4nc[nH]c4C(N)=O)cc3)c2)cc1. The van der Waals surface area contributed by atoms with Crippen LogP contribution in [0.3, 0.4) is 0 Å². The minimum Gasteiger partial charge on any atom is -0.364 e. The van der Waals surface area contributed by atoms with E-state index in [1.54, 1.807) is 48.7 Å². The van der Waals surface area contributed by atoms with E-state index in [4.69, 9.17) is 11.0 Å². The Kier molecular flexibility index (Phi) is 5.24. The van der Waals surface area contributed by atoms with Crippen molar-refractivity contribution in [2.75, 3.05) is 5.32 Å². The van der Waals surface area contributed by atoms with Crippen molar-refractivity contribution >= 4 is 17.6 Å². The van der Waals surface area contributed by atoms with Crippen molar-refractivity contribution in [3.05, 3.63) is 90.0 Å². The van der Waals surface area contributed by atoms with Crippen LogP contribution in [0.25, 0.3) is 22.4 Å². The molecule has 4 rings (SSSR count). The van der Waals surface area contributed by atoms with Crippen LogP contribution >= 0.6 is 0 Å². The van der Waals surface area contributed by atoms with E-state index in [9.17, 15) is 9.59 Å². The van der Waals surface area contributed by atoms with Gasteiger partial charge in [-0.1, -0.05) is 24.3 Å². The molecule has 0 saturated heterocycles. The highest BCUT2D eigenvalue weighted by atomic mass is 16.2. The number of imidazole rings is 1. The fourth-order valence-corrected chi connectivity index (χ4v) is 3.08. The van der Waals surface area contributed by atoms with Gasteiger partial charge in [0.25, 0.3) is 11.8 Å². The number of H-pyrrole nitrogens is 1. The number of aromatic amines is 1. The smallest absolute Gasteiger partial charge is 0.267 e. The van der Waals surface area contributed by atoms with Crippen molar-refractivity contribution in [1.82, 2.24) is 15.0 Å². The van der Waals surface area contributed by atoms with E-state index in [0.29, 0.717) is 28.2 Å². The highest BCUT2D eigenvalue weighted by Crippen LogP contribution is 2.23. The van der Waals surface area contributed by atoms with Crippen LogP contribution in [0, 0.1) is 11.3 Å². The zero-order chi connectivity index (χ0) is 21.8. The number of benzene rings is 2. The van der Waals surface area contributed by atoms with Gasteiger partial charge < -0.3 is 16.0 Å². The Morgan fingerprint density at radius 1 is 0.935 bits per heavy atom. The lowest BCUT2D eigenvalue weighted by molar-refractivity contribution is 0.0994. The lowest BCUT2D eigenvalue weighted by Crippen LogP contribution is -2.13. The standard InChI is InChI=1S/C23H16N6O2/c24-12-14-1-3-15(4-2-14)18-9-10-26-19(11-18)29-23(31)17-7-5-16(6-8-17)20-21(22(25)30)28-13-27-20/h1-11,13H,(H2,25,30)(H,27,28)(H,26,29,31). The minimum atomic E-state index is -0.609. The second-order valence-corrected chi connectivity index (χ2v) is 6.64. The lowest BCUT2D eigenvalue weighted by Gasteiger charge is -2.08. The number of nitriles is 1. The molecule has 2 aromatic carbocycles. The Hall–Kier alpha value is -4.77. The van der Waals surface area contributed by atoms with Gasteiger partial charge >= 0.3 is 0 Å². The second kappa shape index (κ2) is 8.31. The van der Waals surface area contributed by atoms with Crippen LogP contribution in [0.2, 0.25) is 0 Å². The van der Waals surface area contributed by atoms with Gasteiger partial charge in [0.05, 0.1) is 18.0 Å². The Morgan fingerprint density at radius 2 is 1.65 bits per heavy atom. The van der Waals surface area contributed by atoms with Crippen LogP contribution in [0.1, 0.15) is 26.4 Å². The van der Waals surface area contributed by atoms with Crippen LogP contribution in [0.5, 0.6) is 0 Å². The number of anilines is 1. The van der Waals surface area contributed by atoms with Gasteiger partial charge in [0, 0.05) is 17.3 Å². The number of nitrogens with zero attached hydrogens (tertiary/aromatic N) is 3. The molecule has 0 bridgehead atoms. The summed E-state index contributed by atoms with van der Waals surface area (Å²) < 4.78 is 0. The third-order valence-corrected chi connectivity index (χ3v) is 4.66. The quantitative estimate of drug-likeness (QED) is 0.465. The molecule has 8 heteroatoms. The first kappa shape index (κ1) is 19.5. The van der Waals surface area contributed by atoms with Crippen molar-refractivity contribution in [3.8, 4) is 28.5 Å². The van der Waals surface area contributed by atoms with Gasteiger partial charge in [0.15, 0.2) is 0 Å². The first-order valence-corrected chi connectivity index (χ1v) is 9.26. The summed E-state index contributed by atoms with van der Waals surface area (Å²) in [5.74, 6) is -0.532. The Morgan fingerprint density at radius 3 is 2.32 bits per heavy atom. The zero-order valence-corrected chi connectivity index (χ0v) is 16.2. The number of amides is 2. The summed E-state index contributed by atoms with van der Waals surface area (Å²) in [6, 6.07) is 19.5. The summed E-state index contributed by atoms with van der Waals surface area (Å²) in [4.78, 5) is 35.1. The number of carbonyl (C=O) groups is 2. The molecule has 0 saturated carbocycles. The summed E-state index contributed by atoms with van der Waals surface area (Å²) >= 11 is 0. The number of aromatic nitrogens is 3. The molecule has 8 nitrogen and oxygen atoms in total. The van der Waals surface area contributed by atoms with E-state index in [-0.39, 0.29) is 11.6 Å². The molecule has 0 atom stereocenters. The van der Waals surface area contributed by atoms with E-state index in [1.807, 2.05) is 18.2 Å². The first-order valence-electron chi connectivity index (χ1n) is 9.26. The molecule has 0 aliphatic rings. The average Bonchev–Trinajstić information content (AvgIpc) is 3.30. The number of hydrogen-bond acceptors (Lipinski definition) is 5. The molecule has 150 valence electrons. The molecule has 2 amide bonds. The Labute approximate surface area is 177 Å². The van der Waals surface area contributed by atoms with Gasteiger partial charge in [-0.2, -0.15) is 5.26 Å². The third-order valence-electron chi connectivity index (χ3n) is 4.66. The highest BCUT2D eigenvalue weighted by Gasteiger charge is 2.14. The van der Waals surface area contributed by atoms with Gasteiger partial charge in [0.1, 0.15) is 17.2 Å². The number of carbonyl (C=O) groups excluding carboxylic acids is 2. The van der Waals surface area contributed by atoms with E-state index in [1.165, 1.54) is 6.33 Å². The van der Waals surface area contributed by atoms with E-state index < -0.39 is 5.91 Å². The second-order valence-electron chi connectivity index (χ2n) is 6.64. The highest BCUT2D eigenvalue weighted by molar-refractivity contribution is 6.04. The van der Waals surface area contributed by atoms with Gasteiger partial charge in [-0.25, -0.2) is 9.97 Å². The molecule has 0 unspecified atom stereocenters. The van der Waals surface area contributed by atoms with Crippen molar-refractivity contribution in [2.24, 2.45) is 5.73 Å². The summed E-state index contributed by atoms with van der Waals surface area (Å²) in [5.41, 5.74) is 9.40. The predicted molar refractivity (Wildman–Crippen MR) is 115 cm³/mol. The maximum atomic E-state index is 12.6. The molecule has 4 aromatic rings. The molecule has 31 heavy (non-hydrogen) atoms. The Balaban J connectivity index is 1.51. The molecular formula is C23H16N6O2.